The van der Waals surface area contributed by atoms with Crippen molar-refractivity contribution in [1.82, 2.24) is 4.98 Å². The van der Waals surface area contributed by atoms with E-state index < -0.39 is 0 Å². The highest BCUT2D eigenvalue weighted by Crippen LogP contribution is 2.46. The van der Waals surface area contributed by atoms with E-state index in [9.17, 15) is 0 Å². The number of hydrogen-bond acceptors (Lipinski definition) is 5. The largest absolute Gasteiger partial charge is 0.457 e. The van der Waals surface area contributed by atoms with Crippen LogP contribution in [0.3, 0.4) is 0 Å². The van der Waals surface area contributed by atoms with Crippen molar-refractivity contribution in [1.29, 1.82) is 0 Å². The van der Waals surface area contributed by atoms with E-state index in [2.05, 4.69) is 123 Å². The van der Waals surface area contributed by atoms with Gasteiger partial charge in [-0.1, -0.05) is 77.9 Å². The molecule has 0 amide bonds. The van der Waals surface area contributed by atoms with E-state index in [-0.39, 0.29) is 10.8 Å². The standard InChI is InChI=1S/C38H39N3O2/c1-37(2,3)27-13-11-14-29(21-27)40-26-41(35-18-8-7-17-34(35)40)30-22-28(38(4,5)6)23-33(24-30)42-31-15-12-16-32(25-31)43-36-19-9-10-20-39-36/h7-25H,26H2,1-6H3. The summed E-state index contributed by atoms with van der Waals surface area (Å²) in [6.07, 6.45) is 1.72. The summed E-state index contributed by atoms with van der Waals surface area (Å²) < 4.78 is 12.5. The summed E-state index contributed by atoms with van der Waals surface area (Å²) in [6, 6.07) is 37.4. The number of para-hydroxylation sites is 2. The SMILES string of the molecule is CC(C)(C)c1cccc(N2CN(c3cc(Oc4cccc(Oc5ccccn5)c4)cc(C(C)(C)C)c3)c3ccccc32)c1. The van der Waals surface area contributed by atoms with Crippen LogP contribution in [-0.4, -0.2) is 11.7 Å². The summed E-state index contributed by atoms with van der Waals surface area (Å²) in [5, 5.41) is 0. The van der Waals surface area contributed by atoms with Gasteiger partial charge in [0.25, 0.3) is 0 Å². The average Bonchev–Trinajstić information content (AvgIpc) is 3.37. The third-order valence-corrected chi connectivity index (χ3v) is 7.74. The molecule has 0 unspecified atom stereocenters. The normalized spacial score (nSPS) is 13.2. The third-order valence-electron chi connectivity index (χ3n) is 7.74. The molecule has 0 N–H and O–H groups in total. The predicted molar refractivity (Wildman–Crippen MR) is 177 cm³/mol. The van der Waals surface area contributed by atoms with E-state index in [1.807, 2.05) is 42.5 Å². The van der Waals surface area contributed by atoms with Crippen LogP contribution in [0.4, 0.5) is 22.7 Å². The van der Waals surface area contributed by atoms with Gasteiger partial charge in [-0.2, -0.15) is 0 Å². The monoisotopic (exact) mass is 569 g/mol. The Balaban J connectivity index is 1.35. The molecule has 2 heterocycles. The van der Waals surface area contributed by atoms with Gasteiger partial charge in [0.05, 0.1) is 11.4 Å². The molecule has 4 aromatic carbocycles. The molecule has 0 fully saturated rings. The first-order valence-electron chi connectivity index (χ1n) is 14.8. The minimum atomic E-state index is -0.0714. The van der Waals surface area contributed by atoms with E-state index in [0.29, 0.717) is 24.0 Å². The van der Waals surface area contributed by atoms with Crippen LogP contribution in [0, 0.1) is 0 Å². The quantitative estimate of drug-likeness (QED) is 0.203. The van der Waals surface area contributed by atoms with Gasteiger partial charge >= 0.3 is 0 Å². The average molecular weight is 570 g/mol. The molecule has 0 spiro atoms. The second kappa shape index (κ2) is 11.1. The van der Waals surface area contributed by atoms with Gasteiger partial charge in [0.2, 0.25) is 5.88 Å². The highest BCUT2D eigenvalue weighted by molar-refractivity contribution is 5.87. The van der Waals surface area contributed by atoms with Gasteiger partial charge in [0.15, 0.2) is 0 Å². The van der Waals surface area contributed by atoms with E-state index in [1.165, 1.54) is 28.2 Å². The van der Waals surface area contributed by atoms with Gasteiger partial charge in [-0.3, -0.25) is 0 Å². The van der Waals surface area contributed by atoms with Crippen LogP contribution in [0.5, 0.6) is 23.1 Å². The number of anilines is 4. The molecule has 5 heteroatoms. The van der Waals surface area contributed by atoms with Crippen LogP contribution < -0.4 is 19.3 Å². The number of rotatable bonds is 6. The second-order valence-electron chi connectivity index (χ2n) is 13.1. The molecular formula is C38H39N3O2. The Morgan fingerprint density at radius 2 is 1.16 bits per heavy atom. The Bertz CT molecular complexity index is 1730. The fourth-order valence-electron chi connectivity index (χ4n) is 5.29. The number of fused-ring (bicyclic) bond motifs is 1. The van der Waals surface area contributed by atoms with Crippen molar-refractivity contribution in [3.05, 3.63) is 127 Å². The Morgan fingerprint density at radius 3 is 1.84 bits per heavy atom. The van der Waals surface area contributed by atoms with Gasteiger partial charge in [-0.05, 0) is 76.6 Å². The number of ether oxygens (including phenoxy) is 2. The lowest BCUT2D eigenvalue weighted by molar-refractivity contribution is 0.448. The molecule has 1 aliphatic heterocycles. The van der Waals surface area contributed by atoms with Crippen LogP contribution in [0.2, 0.25) is 0 Å². The Morgan fingerprint density at radius 1 is 0.535 bits per heavy atom. The number of benzene rings is 4. The molecule has 43 heavy (non-hydrogen) atoms. The van der Waals surface area contributed by atoms with E-state index >= 15 is 0 Å². The first-order valence-corrected chi connectivity index (χ1v) is 14.8. The molecule has 0 bridgehead atoms. The van der Waals surface area contributed by atoms with Crippen LogP contribution in [0.1, 0.15) is 52.7 Å². The van der Waals surface area contributed by atoms with Gasteiger partial charge in [-0.15, -0.1) is 0 Å². The minimum absolute atomic E-state index is 0.0714. The van der Waals surface area contributed by atoms with Crippen LogP contribution in [-0.2, 0) is 10.8 Å². The number of pyridine rings is 1. The van der Waals surface area contributed by atoms with Crippen molar-refractivity contribution >= 4 is 22.7 Å². The van der Waals surface area contributed by atoms with Crippen LogP contribution >= 0.6 is 0 Å². The van der Waals surface area contributed by atoms with E-state index in [4.69, 9.17) is 9.47 Å². The van der Waals surface area contributed by atoms with Crippen LogP contribution in [0.25, 0.3) is 0 Å². The minimum Gasteiger partial charge on any atom is -0.457 e. The molecule has 1 aliphatic rings. The summed E-state index contributed by atoms with van der Waals surface area (Å²) in [4.78, 5) is 9.05. The summed E-state index contributed by atoms with van der Waals surface area (Å²) in [6.45, 7) is 14.2. The molecule has 0 atom stereocenters. The van der Waals surface area contributed by atoms with Crippen molar-refractivity contribution in [2.75, 3.05) is 16.5 Å². The highest BCUT2D eigenvalue weighted by atomic mass is 16.5. The maximum absolute atomic E-state index is 6.50. The van der Waals surface area contributed by atoms with Gasteiger partial charge < -0.3 is 19.3 Å². The van der Waals surface area contributed by atoms with Crippen molar-refractivity contribution in [3.63, 3.8) is 0 Å². The van der Waals surface area contributed by atoms with Crippen molar-refractivity contribution in [2.24, 2.45) is 0 Å². The summed E-state index contributed by atoms with van der Waals surface area (Å²) in [5.74, 6) is 2.70. The van der Waals surface area contributed by atoms with Crippen molar-refractivity contribution in [3.8, 4) is 23.1 Å². The molecule has 0 saturated heterocycles. The Kier molecular flexibility index (Phi) is 7.35. The van der Waals surface area contributed by atoms with E-state index in [1.54, 1.807) is 6.20 Å². The van der Waals surface area contributed by atoms with Crippen molar-refractivity contribution < 1.29 is 9.47 Å². The van der Waals surface area contributed by atoms with Gasteiger partial charge in [0, 0.05) is 35.8 Å². The second-order valence-corrected chi connectivity index (χ2v) is 13.1. The lowest BCUT2D eigenvalue weighted by atomic mass is 9.86. The Hall–Kier alpha value is -4.77. The molecule has 6 rings (SSSR count). The van der Waals surface area contributed by atoms with Gasteiger partial charge in [0.1, 0.15) is 23.9 Å². The van der Waals surface area contributed by atoms with Gasteiger partial charge in [-0.25, -0.2) is 4.98 Å². The van der Waals surface area contributed by atoms with E-state index in [0.717, 1.165) is 11.4 Å². The smallest absolute Gasteiger partial charge is 0.219 e. The molecule has 218 valence electrons. The Labute approximate surface area is 255 Å². The number of aromatic nitrogens is 1. The zero-order chi connectivity index (χ0) is 30.2. The summed E-state index contributed by atoms with van der Waals surface area (Å²) >= 11 is 0. The molecule has 5 nitrogen and oxygen atoms in total. The molecule has 0 saturated carbocycles. The first-order chi connectivity index (χ1) is 20.5. The zero-order valence-electron chi connectivity index (χ0n) is 25.8. The molecule has 0 aliphatic carbocycles. The molecular weight excluding hydrogens is 530 g/mol. The zero-order valence-corrected chi connectivity index (χ0v) is 25.8. The van der Waals surface area contributed by atoms with Crippen molar-refractivity contribution in [2.45, 2.75) is 52.4 Å². The predicted octanol–water partition coefficient (Wildman–Crippen LogP) is 10.5. The number of hydrogen-bond donors (Lipinski definition) is 0. The fraction of sp³-hybridized carbons (Fsp3) is 0.237. The lowest BCUT2D eigenvalue weighted by Gasteiger charge is -2.27. The molecule has 5 aromatic rings. The maximum Gasteiger partial charge on any atom is 0.219 e. The highest BCUT2D eigenvalue weighted by Gasteiger charge is 2.30. The lowest BCUT2D eigenvalue weighted by Crippen LogP contribution is -2.25. The third kappa shape index (κ3) is 6.21. The molecule has 1 aromatic heterocycles. The number of nitrogens with zero attached hydrogens (tertiary/aromatic N) is 3. The topological polar surface area (TPSA) is 37.8 Å². The summed E-state index contributed by atoms with van der Waals surface area (Å²) in [5.41, 5.74) is 7.16. The van der Waals surface area contributed by atoms with Crippen LogP contribution in [0.15, 0.2) is 115 Å². The summed E-state index contributed by atoms with van der Waals surface area (Å²) in [7, 11) is 0. The maximum atomic E-state index is 6.50. The first kappa shape index (κ1) is 28.4. The fourth-order valence-corrected chi connectivity index (χ4v) is 5.29. The molecule has 0 radical (unpaired) electrons.